The van der Waals surface area contributed by atoms with E-state index in [1.165, 1.54) is 0 Å². The topological polar surface area (TPSA) is 104 Å². The van der Waals surface area contributed by atoms with Gasteiger partial charge in [-0.15, -0.1) is 0 Å². The third-order valence-corrected chi connectivity index (χ3v) is 6.66. The van der Waals surface area contributed by atoms with Gasteiger partial charge in [0.2, 0.25) is 11.9 Å². The molecule has 158 valence electrons. The van der Waals surface area contributed by atoms with Crippen molar-refractivity contribution in [2.45, 2.75) is 38.6 Å². The molecule has 1 aliphatic heterocycles. The van der Waals surface area contributed by atoms with E-state index in [0.717, 1.165) is 66.6 Å². The fourth-order valence-electron chi connectivity index (χ4n) is 4.99. The normalized spacial score (nSPS) is 23.4. The molecule has 9 nitrogen and oxygen atoms in total. The van der Waals surface area contributed by atoms with Gasteiger partial charge in [0.05, 0.1) is 5.41 Å². The molecule has 0 atom stereocenters. The van der Waals surface area contributed by atoms with Crippen LogP contribution in [0.1, 0.15) is 32.6 Å². The van der Waals surface area contributed by atoms with Gasteiger partial charge in [0.25, 0.3) is 0 Å². The molecule has 2 N–H and O–H groups in total. The Hall–Kier alpha value is -3.49. The van der Waals surface area contributed by atoms with Crippen LogP contribution in [-0.2, 0) is 4.79 Å². The average Bonchev–Trinajstić information content (AvgIpc) is 3.51. The van der Waals surface area contributed by atoms with E-state index < -0.39 is 0 Å². The Morgan fingerprint density at radius 2 is 2.10 bits per heavy atom. The molecule has 0 aromatic carbocycles. The number of fused-ring (bicyclic) bond motifs is 2. The highest BCUT2D eigenvalue weighted by Crippen LogP contribution is 2.44. The third kappa shape index (κ3) is 3.03. The van der Waals surface area contributed by atoms with Crippen LogP contribution in [0.15, 0.2) is 37.1 Å². The smallest absolute Gasteiger partial charge is 0.228 e. The van der Waals surface area contributed by atoms with Crippen molar-refractivity contribution in [3.8, 4) is 11.1 Å². The first-order valence-corrected chi connectivity index (χ1v) is 10.8. The van der Waals surface area contributed by atoms with E-state index >= 15 is 0 Å². The average molecular weight is 416 g/mol. The minimum atomic E-state index is -0.258. The zero-order chi connectivity index (χ0) is 21.0. The van der Waals surface area contributed by atoms with Crippen LogP contribution in [-0.4, -0.2) is 59.5 Å². The van der Waals surface area contributed by atoms with Crippen molar-refractivity contribution in [1.29, 1.82) is 0 Å². The van der Waals surface area contributed by atoms with Crippen molar-refractivity contribution >= 4 is 28.5 Å². The highest BCUT2D eigenvalue weighted by Gasteiger charge is 2.48. The van der Waals surface area contributed by atoms with Crippen LogP contribution in [0.4, 0.5) is 5.95 Å². The molecule has 5 heterocycles. The Morgan fingerprint density at radius 3 is 2.94 bits per heavy atom. The van der Waals surface area contributed by atoms with E-state index in [1.54, 1.807) is 10.8 Å². The summed E-state index contributed by atoms with van der Waals surface area (Å²) in [6.07, 6.45) is 11.1. The Morgan fingerprint density at radius 1 is 1.26 bits per heavy atom. The molecule has 9 heteroatoms. The molecule has 0 spiro atoms. The SMILES string of the molecule is CC1(C(=O)N2CCCC2)CC(Nc2ncc3c(-c4ccn5ncnc5c4)c[nH]c3n2)C1. The molecule has 6 rings (SSSR count). The van der Waals surface area contributed by atoms with Gasteiger partial charge in [0.15, 0.2) is 5.65 Å². The number of nitrogens with zero attached hydrogens (tertiary/aromatic N) is 6. The standard InChI is InChI=1S/C22H24N8O/c1-22(20(31)29-5-2-3-6-29)9-15(10-22)27-21-24-12-17-16(11-23-19(17)28-21)14-4-7-30-18(8-14)25-13-26-30/h4,7-8,11-13,15H,2-3,5-6,9-10H2,1H3,(H2,23,24,27,28). The van der Waals surface area contributed by atoms with Crippen LogP contribution >= 0.6 is 0 Å². The van der Waals surface area contributed by atoms with Gasteiger partial charge in [-0.2, -0.15) is 10.1 Å². The highest BCUT2D eigenvalue weighted by atomic mass is 16.2. The first kappa shape index (κ1) is 18.3. The van der Waals surface area contributed by atoms with Crippen molar-refractivity contribution in [3.63, 3.8) is 0 Å². The first-order valence-electron chi connectivity index (χ1n) is 10.8. The van der Waals surface area contributed by atoms with Crippen LogP contribution in [0.25, 0.3) is 27.8 Å². The number of aromatic amines is 1. The van der Waals surface area contributed by atoms with Gasteiger partial charge in [0.1, 0.15) is 12.0 Å². The molecule has 2 fully saturated rings. The zero-order valence-electron chi connectivity index (χ0n) is 17.4. The van der Waals surface area contributed by atoms with Gasteiger partial charge >= 0.3 is 0 Å². The van der Waals surface area contributed by atoms with Crippen LogP contribution in [0.5, 0.6) is 0 Å². The van der Waals surface area contributed by atoms with Gasteiger partial charge in [-0.3, -0.25) is 4.79 Å². The third-order valence-electron chi connectivity index (χ3n) is 6.66. The van der Waals surface area contributed by atoms with E-state index in [2.05, 4.69) is 37.3 Å². The number of anilines is 1. The van der Waals surface area contributed by atoms with Crippen LogP contribution in [0.2, 0.25) is 0 Å². The van der Waals surface area contributed by atoms with E-state index in [1.807, 2.05) is 35.6 Å². The molecule has 1 saturated carbocycles. The number of rotatable bonds is 4. The van der Waals surface area contributed by atoms with Gasteiger partial charge in [-0.25, -0.2) is 14.5 Å². The molecule has 0 bridgehead atoms. The molecule has 31 heavy (non-hydrogen) atoms. The number of carbonyl (C=O) groups is 1. The monoisotopic (exact) mass is 416 g/mol. The largest absolute Gasteiger partial charge is 0.351 e. The molecule has 1 amide bonds. The fraction of sp³-hybridized carbons (Fsp3) is 0.409. The summed E-state index contributed by atoms with van der Waals surface area (Å²) < 4.78 is 1.73. The number of pyridine rings is 1. The van der Waals surface area contributed by atoms with E-state index in [9.17, 15) is 4.79 Å². The quantitative estimate of drug-likeness (QED) is 0.530. The maximum atomic E-state index is 12.8. The first-order chi connectivity index (χ1) is 15.1. The molecular formula is C22H24N8O. The van der Waals surface area contributed by atoms with Crippen LogP contribution < -0.4 is 5.32 Å². The number of amides is 1. The summed E-state index contributed by atoms with van der Waals surface area (Å²) in [7, 11) is 0. The van der Waals surface area contributed by atoms with Crippen LogP contribution in [0.3, 0.4) is 0 Å². The predicted molar refractivity (Wildman–Crippen MR) is 116 cm³/mol. The Bertz CT molecular complexity index is 1280. The van der Waals surface area contributed by atoms with E-state index in [-0.39, 0.29) is 11.5 Å². The number of carbonyl (C=O) groups excluding carboxylic acids is 1. The molecular weight excluding hydrogens is 392 g/mol. The fourth-order valence-corrected chi connectivity index (χ4v) is 4.99. The number of hydrogen-bond donors (Lipinski definition) is 2. The van der Waals surface area contributed by atoms with Gasteiger partial charge < -0.3 is 15.2 Å². The molecule has 4 aromatic rings. The van der Waals surface area contributed by atoms with Crippen molar-refractivity contribution in [3.05, 3.63) is 37.1 Å². The lowest BCUT2D eigenvalue weighted by Crippen LogP contribution is -2.53. The van der Waals surface area contributed by atoms with Crippen molar-refractivity contribution in [1.82, 2.24) is 34.4 Å². The predicted octanol–water partition coefficient (Wildman–Crippen LogP) is 2.87. The second kappa shape index (κ2) is 6.76. The van der Waals surface area contributed by atoms with Crippen molar-refractivity contribution < 1.29 is 4.79 Å². The second-order valence-corrected chi connectivity index (χ2v) is 8.95. The minimum absolute atomic E-state index is 0.221. The summed E-state index contributed by atoms with van der Waals surface area (Å²) in [4.78, 5) is 31.5. The van der Waals surface area contributed by atoms with E-state index in [0.29, 0.717) is 11.9 Å². The van der Waals surface area contributed by atoms with Crippen molar-refractivity contribution in [2.75, 3.05) is 18.4 Å². The summed E-state index contributed by atoms with van der Waals surface area (Å²) in [6.45, 7) is 3.90. The molecule has 1 aliphatic carbocycles. The summed E-state index contributed by atoms with van der Waals surface area (Å²) in [5.41, 5.74) is 3.38. The molecule has 0 radical (unpaired) electrons. The second-order valence-electron chi connectivity index (χ2n) is 8.95. The summed E-state index contributed by atoms with van der Waals surface area (Å²) in [5, 5.41) is 8.50. The molecule has 1 saturated heterocycles. The van der Waals surface area contributed by atoms with Crippen molar-refractivity contribution in [2.24, 2.45) is 5.41 Å². The summed E-state index contributed by atoms with van der Waals surface area (Å²) in [5.74, 6) is 0.896. The molecule has 4 aromatic heterocycles. The van der Waals surface area contributed by atoms with Crippen LogP contribution in [0, 0.1) is 5.41 Å². The Labute approximate surface area is 178 Å². The van der Waals surface area contributed by atoms with Gasteiger partial charge in [0, 0.05) is 48.7 Å². The van der Waals surface area contributed by atoms with Gasteiger partial charge in [-0.05, 0) is 43.4 Å². The number of H-pyrrole nitrogens is 1. The van der Waals surface area contributed by atoms with Gasteiger partial charge in [-0.1, -0.05) is 6.92 Å². The zero-order valence-corrected chi connectivity index (χ0v) is 17.4. The summed E-state index contributed by atoms with van der Waals surface area (Å²) >= 11 is 0. The highest BCUT2D eigenvalue weighted by molar-refractivity contribution is 5.94. The lowest BCUT2D eigenvalue weighted by molar-refractivity contribution is -0.145. The lowest BCUT2D eigenvalue weighted by Gasteiger charge is -2.45. The number of nitrogens with one attached hydrogen (secondary N) is 2. The minimum Gasteiger partial charge on any atom is -0.351 e. The number of hydrogen-bond acceptors (Lipinski definition) is 6. The summed E-state index contributed by atoms with van der Waals surface area (Å²) in [6, 6.07) is 4.22. The Balaban J connectivity index is 1.18. The number of aromatic nitrogens is 6. The molecule has 0 unspecified atom stereocenters. The van der Waals surface area contributed by atoms with E-state index in [4.69, 9.17) is 0 Å². The molecule has 2 aliphatic rings. The number of likely N-dealkylation sites (tertiary alicyclic amines) is 1. The maximum Gasteiger partial charge on any atom is 0.228 e. The lowest BCUT2D eigenvalue weighted by atomic mass is 9.66. The maximum absolute atomic E-state index is 12.8. The Kier molecular flexibility index (Phi) is 3.99.